The van der Waals surface area contributed by atoms with E-state index in [4.69, 9.17) is 9.90 Å². The van der Waals surface area contributed by atoms with Crippen LogP contribution in [0.1, 0.15) is 34.8 Å². The van der Waals surface area contributed by atoms with Crippen molar-refractivity contribution in [1.29, 1.82) is 0 Å². The largest absolute Gasteiger partial charge is 0.501 e. The van der Waals surface area contributed by atoms with E-state index >= 15 is 0 Å². The van der Waals surface area contributed by atoms with Crippen LogP contribution in [0.3, 0.4) is 0 Å². The lowest BCUT2D eigenvalue weighted by molar-refractivity contribution is -0.192. The van der Waals surface area contributed by atoms with Gasteiger partial charge in [0.25, 0.3) is 11.5 Å². The number of carbonyl (C=O) groups is 3. The van der Waals surface area contributed by atoms with Crippen molar-refractivity contribution in [2.75, 3.05) is 33.2 Å². The summed E-state index contributed by atoms with van der Waals surface area (Å²) in [7, 11) is 3.30. The number of urea groups is 1. The number of piperazine rings is 1. The van der Waals surface area contributed by atoms with Crippen LogP contribution >= 0.6 is 0 Å². The first-order valence-corrected chi connectivity index (χ1v) is 11.5. The Kier molecular flexibility index (Phi) is 10.4. The van der Waals surface area contributed by atoms with E-state index in [1.807, 2.05) is 18.9 Å². The number of benzene rings is 1. The number of carboxylic acid groups (broad SMARTS) is 1. The lowest BCUT2D eigenvalue weighted by Gasteiger charge is -2.39. The summed E-state index contributed by atoms with van der Waals surface area (Å²) in [5, 5.41) is 22.8. The summed E-state index contributed by atoms with van der Waals surface area (Å²) in [6.07, 6.45) is -5.08. The minimum absolute atomic E-state index is 0.0685. The number of alkyl halides is 3. The second kappa shape index (κ2) is 13.0. The molecule has 0 radical (unpaired) electrons. The highest BCUT2D eigenvalue weighted by Crippen LogP contribution is 2.23. The molecule has 1 aromatic carbocycles. The van der Waals surface area contributed by atoms with E-state index in [2.05, 4.69) is 15.6 Å². The van der Waals surface area contributed by atoms with E-state index in [9.17, 15) is 37.1 Å². The molecule has 1 saturated heterocycles. The highest BCUT2D eigenvalue weighted by Gasteiger charge is 2.38. The minimum Gasteiger partial charge on any atom is -0.501 e. The van der Waals surface area contributed by atoms with E-state index in [-0.39, 0.29) is 24.9 Å². The molecule has 3 rings (SSSR count). The maximum Gasteiger partial charge on any atom is 0.490 e. The predicted molar refractivity (Wildman–Crippen MR) is 128 cm³/mol. The van der Waals surface area contributed by atoms with E-state index < -0.39 is 46.9 Å². The molecule has 1 unspecified atom stereocenters. The standard InChI is InChI=1S/C21H27FN6O4.C2HF3O2/c1-4-23-21(32)28-10-9-26(2)15(12-28)18-25-16(17(29)20(31)27(18)3)19(30)24-11-13-5-7-14(22)8-6-13;3-2(4,5)1(6)7/h5-8,15,29H,4,9-12H2,1-3H3,(H,23,32)(H,24,30);(H,6,7). The first kappa shape index (κ1) is 31.0. The fourth-order valence-electron chi connectivity index (χ4n) is 3.53. The lowest BCUT2D eigenvalue weighted by Crippen LogP contribution is -2.53. The van der Waals surface area contributed by atoms with Crippen molar-refractivity contribution in [2.45, 2.75) is 25.7 Å². The summed E-state index contributed by atoms with van der Waals surface area (Å²) < 4.78 is 46.0. The molecule has 3 amide bonds. The smallest absolute Gasteiger partial charge is 0.490 e. The van der Waals surface area contributed by atoms with Crippen molar-refractivity contribution in [3.05, 3.63) is 57.5 Å². The Morgan fingerprint density at radius 1 is 1.10 bits per heavy atom. The highest BCUT2D eigenvalue weighted by molar-refractivity contribution is 5.94. The number of carboxylic acids is 1. The molecule has 4 N–H and O–H groups in total. The number of hydrogen-bond donors (Lipinski definition) is 4. The van der Waals surface area contributed by atoms with Gasteiger partial charge in [0.05, 0.1) is 6.04 Å². The van der Waals surface area contributed by atoms with Crippen molar-refractivity contribution >= 4 is 17.9 Å². The summed E-state index contributed by atoms with van der Waals surface area (Å²) >= 11 is 0. The van der Waals surface area contributed by atoms with Crippen molar-refractivity contribution < 1.29 is 42.2 Å². The van der Waals surface area contributed by atoms with Gasteiger partial charge in [0.2, 0.25) is 5.75 Å². The molecule has 1 aliphatic heterocycles. The Bertz CT molecular complexity index is 1250. The maximum absolute atomic E-state index is 13.1. The van der Waals surface area contributed by atoms with Crippen LogP contribution in [0.4, 0.5) is 22.4 Å². The second-order valence-electron chi connectivity index (χ2n) is 8.42. The van der Waals surface area contributed by atoms with E-state index in [0.717, 1.165) is 0 Å². The number of aliphatic carboxylic acids is 1. The molecular weight excluding hydrogens is 532 g/mol. The van der Waals surface area contributed by atoms with E-state index in [0.29, 0.717) is 25.2 Å². The number of hydrogen-bond acceptors (Lipinski definition) is 7. The van der Waals surface area contributed by atoms with Gasteiger partial charge in [-0.1, -0.05) is 12.1 Å². The molecule has 12 nitrogen and oxygen atoms in total. The van der Waals surface area contributed by atoms with Gasteiger partial charge in [0.15, 0.2) is 5.69 Å². The molecule has 2 aromatic rings. The molecule has 39 heavy (non-hydrogen) atoms. The summed E-state index contributed by atoms with van der Waals surface area (Å²) in [6, 6.07) is 4.91. The van der Waals surface area contributed by atoms with Crippen LogP contribution in [0.15, 0.2) is 29.1 Å². The zero-order chi connectivity index (χ0) is 29.5. The molecule has 2 heterocycles. The van der Waals surface area contributed by atoms with Crippen LogP contribution in [0, 0.1) is 5.82 Å². The summed E-state index contributed by atoms with van der Waals surface area (Å²) in [5.74, 6) is -4.38. The zero-order valence-corrected chi connectivity index (χ0v) is 21.3. The Morgan fingerprint density at radius 2 is 1.69 bits per heavy atom. The van der Waals surface area contributed by atoms with E-state index in [1.54, 1.807) is 4.90 Å². The molecule has 0 saturated carbocycles. The number of nitrogens with zero attached hydrogens (tertiary/aromatic N) is 4. The Labute approximate surface area is 219 Å². The van der Waals surface area contributed by atoms with Gasteiger partial charge in [0.1, 0.15) is 11.6 Å². The molecule has 214 valence electrons. The monoisotopic (exact) mass is 560 g/mol. The SMILES string of the molecule is CCNC(=O)N1CCN(C)C(c2nc(C(=O)NCc3ccc(F)cc3)c(O)c(=O)n2C)C1.O=C(O)C(F)(F)F. The Morgan fingerprint density at radius 3 is 2.23 bits per heavy atom. The van der Waals surface area contributed by atoms with E-state index in [1.165, 1.54) is 35.9 Å². The maximum atomic E-state index is 13.1. The molecule has 1 aromatic heterocycles. The Balaban J connectivity index is 0.000000673. The van der Waals surface area contributed by atoms with Gasteiger partial charge in [-0.25, -0.2) is 19.0 Å². The molecule has 1 aliphatic rings. The minimum atomic E-state index is -5.08. The average Bonchev–Trinajstić information content (AvgIpc) is 2.87. The molecule has 16 heteroatoms. The number of halogens is 4. The third kappa shape index (κ3) is 8.13. The van der Waals surface area contributed by atoms with Gasteiger partial charge in [-0.3, -0.25) is 19.1 Å². The van der Waals surface area contributed by atoms with Crippen molar-refractivity contribution in [1.82, 2.24) is 30.0 Å². The second-order valence-corrected chi connectivity index (χ2v) is 8.42. The first-order chi connectivity index (χ1) is 18.2. The van der Waals surface area contributed by atoms with Crippen LogP contribution in [0.2, 0.25) is 0 Å². The van der Waals surface area contributed by atoms with Gasteiger partial charge in [-0.2, -0.15) is 13.2 Å². The van der Waals surface area contributed by atoms with Gasteiger partial charge in [-0.15, -0.1) is 0 Å². The average molecular weight is 561 g/mol. The molecule has 0 bridgehead atoms. The van der Waals surface area contributed by atoms with Crippen molar-refractivity contribution in [3.8, 4) is 5.75 Å². The molecule has 1 atom stereocenters. The number of rotatable bonds is 5. The van der Waals surface area contributed by atoms with Gasteiger partial charge in [0, 0.05) is 39.8 Å². The fourth-order valence-corrected chi connectivity index (χ4v) is 3.53. The van der Waals surface area contributed by atoms with Gasteiger partial charge >= 0.3 is 18.2 Å². The number of aromatic hydroxyl groups is 1. The number of carbonyl (C=O) groups excluding carboxylic acids is 2. The molecule has 0 aliphatic carbocycles. The topological polar surface area (TPSA) is 157 Å². The number of nitrogens with one attached hydrogen (secondary N) is 2. The molecule has 1 fully saturated rings. The molecule has 0 spiro atoms. The van der Waals surface area contributed by atoms with Crippen LogP contribution in [0.5, 0.6) is 5.75 Å². The lowest BCUT2D eigenvalue weighted by atomic mass is 10.1. The Hall–Kier alpha value is -4.21. The predicted octanol–water partition coefficient (Wildman–Crippen LogP) is 1.21. The fraction of sp³-hybridized carbons (Fsp3) is 0.435. The summed E-state index contributed by atoms with van der Waals surface area (Å²) in [6.45, 7) is 3.71. The highest BCUT2D eigenvalue weighted by atomic mass is 19.4. The first-order valence-electron chi connectivity index (χ1n) is 11.5. The third-order valence-corrected chi connectivity index (χ3v) is 5.69. The molecular formula is C23H28F4N6O6. The number of amides is 3. The third-order valence-electron chi connectivity index (χ3n) is 5.69. The normalized spacial score (nSPS) is 15.7. The number of likely N-dealkylation sites (N-methyl/N-ethyl adjacent to an activating group) is 1. The van der Waals surface area contributed by atoms with Crippen LogP contribution < -0.4 is 16.2 Å². The van der Waals surface area contributed by atoms with Gasteiger partial charge < -0.3 is 25.7 Å². The zero-order valence-electron chi connectivity index (χ0n) is 21.3. The summed E-state index contributed by atoms with van der Waals surface area (Å²) in [4.78, 5) is 54.4. The quantitative estimate of drug-likeness (QED) is 0.398. The van der Waals surface area contributed by atoms with Crippen LogP contribution in [0.25, 0.3) is 0 Å². The number of aromatic nitrogens is 2. The van der Waals surface area contributed by atoms with Crippen LogP contribution in [-0.2, 0) is 18.4 Å². The van der Waals surface area contributed by atoms with Crippen LogP contribution in [-0.4, -0.2) is 86.9 Å². The van der Waals surface area contributed by atoms with Crippen molar-refractivity contribution in [2.24, 2.45) is 7.05 Å². The summed E-state index contributed by atoms with van der Waals surface area (Å²) in [5.41, 5.74) is -0.507. The van der Waals surface area contributed by atoms with Gasteiger partial charge in [-0.05, 0) is 31.7 Å². The van der Waals surface area contributed by atoms with Crippen molar-refractivity contribution in [3.63, 3.8) is 0 Å².